The van der Waals surface area contributed by atoms with E-state index in [0.717, 1.165) is 24.2 Å². The number of amides is 3. The summed E-state index contributed by atoms with van der Waals surface area (Å²) >= 11 is 0. The van der Waals surface area contributed by atoms with Crippen LogP contribution in [0.25, 0.3) is 0 Å². The number of carbonyl (C=O) groups is 3. The van der Waals surface area contributed by atoms with E-state index in [2.05, 4.69) is 0 Å². The number of carbonyl (C=O) groups excluding carboxylic acids is 3. The van der Waals surface area contributed by atoms with E-state index in [-0.39, 0.29) is 36.3 Å². The number of likely N-dealkylation sites (tertiary alicyclic amines) is 1. The quantitative estimate of drug-likeness (QED) is 0.786. The normalized spacial score (nSPS) is 24.6. The van der Waals surface area contributed by atoms with Crippen molar-refractivity contribution >= 4 is 17.7 Å². The van der Waals surface area contributed by atoms with Crippen molar-refractivity contribution in [2.45, 2.75) is 45.2 Å². The van der Waals surface area contributed by atoms with Crippen molar-refractivity contribution in [3.05, 3.63) is 35.4 Å². The SMILES string of the molecule is C[C@H]1CCC[C@H](C)N1C(=O)CN1C(=O)c2ccccc2C1=O. The third-order valence-electron chi connectivity index (χ3n) is 4.65. The van der Waals surface area contributed by atoms with Gasteiger partial charge in [0.25, 0.3) is 11.8 Å². The van der Waals surface area contributed by atoms with Crippen LogP contribution in [-0.4, -0.2) is 46.1 Å². The molecule has 2 aliphatic heterocycles. The summed E-state index contributed by atoms with van der Waals surface area (Å²) < 4.78 is 0. The lowest BCUT2D eigenvalue weighted by molar-refractivity contribution is -0.137. The van der Waals surface area contributed by atoms with Gasteiger partial charge in [0.2, 0.25) is 5.91 Å². The van der Waals surface area contributed by atoms with Crippen LogP contribution in [-0.2, 0) is 4.79 Å². The summed E-state index contributed by atoms with van der Waals surface area (Å²) in [4.78, 5) is 40.1. The standard InChI is InChI=1S/C17H20N2O3/c1-11-6-5-7-12(2)19(11)15(20)10-18-16(21)13-8-3-4-9-14(13)17(18)22/h3-4,8-9,11-12H,5-7,10H2,1-2H3/t11-,12-/m0/s1. The Morgan fingerprint density at radius 1 is 1.05 bits per heavy atom. The predicted molar refractivity (Wildman–Crippen MR) is 81.4 cm³/mol. The van der Waals surface area contributed by atoms with Crippen LogP contribution >= 0.6 is 0 Å². The maximum absolute atomic E-state index is 12.6. The first-order valence-corrected chi connectivity index (χ1v) is 7.77. The third kappa shape index (κ3) is 2.30. The number of hydrogen-bond donors (Lipinski definition) is 0. The smallest absolute Gasteiger partial charge is 0.262 e. The van der Waals surface area contributed by atoms with Gasteiger partial charge in [-0.3, -0.25) is 19.3 Å². The highest BCUT2D eigenvalue weighted by atomic mass is 16.2. The van der Waals surface area contributed by atoms with Crippen molar-refractivity contribution in [2.75, 3.05) is 6.54 Å². The van der Waals surface area contributed by atoms with Gasteiger partial charge in [-0.05, 0) is 45.2 Å². The summed E-state index contributed by atoms with van der Waals surface area (Å²) in [5.41, 5.74) is 0.778. The molecule has 0 bridgehead atoms. The first kappa shape index (κ1) is 14.8. The van der Waals surface area contributed by atoms with Gasteiger partial charge < -0.3 is 4.90 Å². The van der Waals surface area contributed by atoms with Gasteiger partial charge in [0.15, 0.2) is 0 Å². The van der Waals surface area contributed by atoms with E-state index in [9.17, 15) is 14.4 Å². The molecule has 2 atom stereocenters. The molecule has 22 heavy (non-hydrogen) atoms. The van der Waals surface area contributed by atoms with Crippen molar-refractivity contribution in [1.82, 2.24) is 9.80 Å². The van der Waals surface area contributed by atoms with Gasteiger partial charge in [0.05, 0.1) is 11.1 Å². The lowest BCUT2D eigenvalue weighted by Crippen LogP contribution is -2.51. The van der Waals surface area contributed by atoms with E-state index in [0.29, 0.717) is 11.1 Å². The summed E-state index contributed by atoms with van der Waals surface area (Å²) in [5, 5.41) is 0. The fraction of sp³-hybridized carbons (Fsp3) is 0.471. The summed E-state index contributed by atoms with van der Waals surface area (Å²) in [7, 11) is 0. The molecule has 1 saturated heterocycles. The van der Waals surface area contributed by atoms with E-state index in [1.54, 1.807) is 24.3 Å². The zero-order chi connectivity index (χ0) is 15.9. The highest BCUT2D eigenvalue weighted by Gasteiger charge is 2.38. The van der Waals surface area contributed by atoms with E-state index >= 15 is 0 Å². The molecule has 0 spiro atoms. The fourth-order valence-electron chi connectivity index (χ4n) is 3.51. The number of imide groups is 1. The van der Waals surface area contributed by atoms with Gasteiger partial charge in [-0.25, -0.2) is 0 Å². The Morgan fingerprint density at radius 2 is 1.55 bits per heavy atom. The number of hydrogen-bond acceptors (Lipinski definition) is 3. The summed E-state index contributed by atoms with van der Waals surface area (Å²) in [5.74, 6) is -0.883. The molecule has 3 amide bonds. The molecule has 2 aliphatic rings. The number of fused-ring (bicyclic) bond motifs is 1. The van der Waals surface area contributed by atoms with Gasteiger partial charge in [-0.15, -0.1) is 0 Å². The second kappa shape index (κ2) is 5.55. The monoisotopic (exact) mass is 300 g/mol. The summed E-state index contributed by atoms with van der Waals surface area (Å²) in [6, 6.07) is 7.03. The topological polar surface area (TPSA) is 57.7 Å². The Morgan fingerprint density at radius 3 is 2.05 bits per heavy atom. The highest BCUT2D eigenvalue weighted by molar-refractivity contribution is 6.22. The Hall–Kier alpha value is -2.17. The maximum Gasteiger partial charge on any atom is 0.262 e. The molecular weight excluding hydrogens is 280 g/mol. The first-order valence-electron chi connectivity index (χ1n) is 7.77. The molecule has 1 aromatic rings. The lowest BCUT2D eigenvalue weighted by atomic mass is 9.97. The van der Waals surface area contributed by atoms with E-state index in [4.69, 9.17) is 0 Å². The van der Waals surface area contributed by atoms with Gasteiger partial charge in [0, 0.05) is 12.1 Å². The van der Waals surface area contributed by atoms with Crippen molar-refractivity contribution in [2.24, 2.45) is 0 Å². The molecule has 0 unspecified atom stereocenters. The van der Waals surface area contributed by atoms with Crippen LogP contribution in [0.5, 0.6) is 0 Å². The Bertz CT molecular complexity index is 596. The molecule has 1 fully saturated rings. The van der Waals surface area contributed by atoms with Crippen molar-refractivity contribution < 1.29 is 14.4 Å². The number of benzene rings is 1. The average Bonchev–Trinajstić information content (AvgIpc) is 2.73. The molecule has 0 radical (unpaired) electrons. The largest absolute Gasteiger partial charge is 0.336 e. The van der Waals surface area contributed by atoms with Crippen LogP contribution in [0, 0.1) is 0 Å². The van der Waals surface area contributed by atoms with E-state index < -0.39 is 0 Å². The molecule has 0 aliphatic carbocycles. The molecule has 0 saturated carbocycles. The number of rotatable bonds is 2. The fourth-order valence-corrected chi connectivity index (χ4v) is 3.51. The second-order valence-electron chi connectivity index (χ2n) is 6.17. The van der Waals surface area contributed by atoms with Crippen LogP contribution < -0.4 is 0 Å². The molecule has 5 nitrogen and oxygen atoms in total. The maximum atomic E-state index is 12.6. The van der Waals surface area contributed by atoms with Gasteiger partial charge in [-0.1, -0.05) is 12.1 Å². The molecule has 1 aromatic carbocycles. The molecule has 0 aromatic heterocycles. The van der Waals surface area contributed by atoms with Crippen LogP contribution in [0.2, 0.25) is 0 Å². The summed E-state index contributed by atoms with van der Waals surface area (Å²) in [6.45, 7) is 3.88. The van der Waals surface area contributed by atoms with E-state index in [1.165, 1.54) is 0 Å². The Balaban J connectivity index is 1.78. The van der Waals surface area contributed by atoms with Gasteiger partial charge in [0.1, 0.15) is 6.54 Å². The van der Waals surface area contributed by atoms with Crippen LogP contribution in [0.15, 0.2) is 24.3 Å². The van der Waals surface area contributed by atoms with Gasteiger partial charge >= 0.3 is 0 Å². The molecular formula is C17H20N2O3. The highest BCUT2D eigenvalue weighted by Crippen LogP contribution is 2.25. The van der Waals surface area contributed by atoms with Crippen molar-refractivity contribution in [1.29, 1.82) is 0 Å². The molecule has 0 N–H and O–H groups in total. The minimum absolute atomic E-state index is 0.144. The number of piperidine rings is 1. The predicted octanol–water partition coefficient (Wildman–Crippen LogP) is 2.07. The zero-order valence-corrected chi connectivity index (χ0v) is 12.9. The zero-order valence-electron chi connectivity index (χ0n) is 12.9. The van der Waals surface area contributed by atoms with Crippen LogP contribution in [0.4, 0.5) is 0 Å². The summed E-state index contributed by atoms with van der Waals surface area (Å²) in [6.07, 6.45) is 3.05. The molecule has 116 valence electrons. The number of nitrogens with zero attached hydrogens (tertiary/aromatic N) is 2. The third-order valence-corrected chi connectivity index (χ3v) is 4.65. The first-order chi connectivity index (χ1) is 10.5. The average molecular weight is 300 g/mol. The molecule has 3 rings (SSSR count). The lowest BCUT2D eigenvalue weighted by Gasteiger charge is -2.39. The Labute approximate surface area is 129 Å². The molecule has 5 heteroatoms. The van der Waals surface area contributed by atoms with Crippen molar-refractivity contribution in [3.63, 3.8) is 0 Å². The minimum atomic E-state index is -0.369. The van der Waals surface area contributed by atoms with E-state index in [1.807, 2.05) is 18.7 Å². The second-order valence-corrected chi connectivity index (χ2v) is 6.17. The molecule has 2 heterocycles. The van der Waals surface area contributed by atoms with Gasteiger partial charge in [-0.2, -0.15) is 0 Å². The van der Waals surface area contributed by atoms with Crippen LogP contribution in [0.1, 0.15) is 53.8 Å². The Kier molecular flexibility index (Phi) is 3.72. The van der Waals surface area contributed by atoms with Crippen LogP contribution in [0.3, 0.4) is 0 Å². The minimum Gasteiger partial charge on any atom is -0.336 e. The van der Waals surface area contributed by atoms with Crippen molar-refractivity contribution in [3.8, 4) is 0 Å².